The molecule has 1 aromatic heterocycles. The molecule has 0 fully saturated rings. The Balaban J connectivity index is 1.34. The summed E-state index contributed by atoms with van der Waals surface area (Å²) in [6.45, 7) is 0. The zero-order valence-corrected chi connectivity index (χ0v) is 26.6. The van der Waals surface area contributed by atoms with E-state index in [-0.39, 0.29) is 65.8 Å². The van der Waals surface area contributed by atoms with E-state index in [9.17, 15) is 8.22 Å². The van der Waals surface area contributed by atoms with Gasteiger partial charge in [-0.25, -0.2) is 0 Å². The molecule has 10 aromatic carbocycles. The summed E-state index contributed by atoms with van der Waals surface area (Å²) in [6, 6.07) is 19.3. The monoisotopic (exact) mass is 661 g/mol. The lowest BCUT2D eigenvalue weighted by atomic mass is 9.85. The molecule has 236 valence electrons. The molecule has 0 unspecified atom stereocenters. The number of rotatable bonds is 3. The third kappa shape index (κ3) is 4.22. The van der Waals surface area contributed by atoms with Crippen LogP contribution in [0.5, 0.6) is 0 Å². The summed E-state index contributed by atoms with van der Waals surface area (Å²) >= 11 is 0. The van der Waals surface area contributed by atoms with E-state index in [2.05, 4.69) is 0 Å². The first-order valence-electron chi connectivity index (χ1n) is 23.9. The van der Waals surface area contributed by atoms with Crippen molar-refractivity contribution in [3.63, 3.8) is 0 Å². The van der Waals surface area contributed by atoms with Crippen molar-refractivity contribution in [2.45, 2.75) is 0 Å². The summed E-state index contributed by atoms with van der Waals surface area (Å²) in [5.41, 5.74) is 3.03. The first-order valence-corrected chi connectivity index (χ1v) is 16.4. The van der Waals surface area contributed by atoms with Gasteiger partial charge < -0.3 is 4.42 Å². The second kappa shape index (κ2) is 10.9. The lowest BCUT2D eigenvalue weighted by molar-refractivity contribution is 0.673. The van der Waals surface area contributed by atoms with Crippen LogP contribution in [0.1, 0.15) is 20.6 Å². The molecule has 0 aliphatic carbocycles. The van der Waals surface area contributed by atoms with E-state index in [1.165, 1.54) is 12.1 Å². The van der Waals surface area contributed by atoms with Crippen LogP contribution in [-0.4, -0.2) is 0 Å². The smallest absolute Gasteiger partial charge is 0.143 e. The molecule has 1 nitrogen and oxygen atoms in total. The van der Waals surface area contributed by atoms with Gasteiger partial charge in [0.1, 0.15) is 11.2 Å². The molecule has 11 rings (SSSR count). The van der Waals surface area contributed by atoms with Crippen LogP contribution in [0.4, 0.5) is 0 Å². The molecule has 0 spiro atoms. The minimum atomic E-state index is -0.659. The molecule has 1 heterocycles. The summed E-state index contributed by atoms with van der Waals surface area (Å²) in [5, 5.41) is 2.34. The van der Waals surface area contributed by atoms with Crippen molar-refractivity contribution < 1.29 is 25.0 Å². The van der Waals surface area contributed by atoms with E-state index in [4.69, 9.17) is 16.8 Å². The predicted octanol–water partition coefficient (Wildman–Crippen LogP) is 14.4. The summed E-state index contributed by atoms with van der Waals surface area (Å²) in [4.78, 5) is 0. The Hall–Kier alpha value is -6.70. The second-order valence-corrected chi connectivity index (χ2v) is 12.4. The van der Waals surface area contributed by atoms with E-state index >= 15 is 0 Å². The Labute approximate surface area is 315 Å². The number of fused-ring (bicyclic) bond motifs is 10. The maximum Gasteiger partial charge on any atom is 0.143 e. The Morgan fingerprint density at radius 1 is 0.353 bits per heavy atom. The molecule has 0 aliphatic rings. The van der Waals surface area contributed by atoms with Crippen LogP contribution in [0.3, 0.4) is 0 Å². The number of hydrogen-bond acceptors (Lipinski definition) is 1. The van der Waals surface area contributed by atoms with Gasteiger partial charge in [0, 0.05) is 16.2 Å². The molecule has 0 atom stereocenters. The Bertz CT molecular complexity index is 3970. The van der Waals surface area contributed by atoms with Gasteiger partial charge in [0.25, 0.3) is 0 Å². The van der Waals surface area contributed by atoms with Crippen molar-refractivity contribution in [2.24, 2.45) is 0 Å². The number of furan rings is 1. The fraction of sp³-hybridized carbons (Fsp3) is 0. The van der Waals surface area contributed by atoms with Crippen molar-refractivity contribution in [3.8, 4) is 33.4 Å². The van der Waals surface area contributed by atoms with Crippen LogP contribution in [-0.2, 0) is 0 Å². The molecule has 0 aliphatic heterocycles. The lowest BCUT2D eigenvalue weighted by Crippen LogP contribution is -1.91. The zero-order chi connectivity index (χ0) is 46.5. The molecule has 0 amide bonds. The van der Waals surface area contributed by atoms with Crippen LogP contribution in [0.15, 0.2) is 186 Å². The van der Waals surface area contributed by atoms with Gasteiger partial charge in [-0.05, 0) is 106 Å². The van der Waals surface area contributed by atoms with Crippen molar-refractivity contribution >= 4 is 75.8 Å². The molecule has 0 saturated carbocycles. The predicted molar refractivity (Wildman–Crippen MR) is 218 cm³/mol. The van der Waals surface area contributed by atoms with Gasteiger partial charge in [0.05, 0.1) is 20.6 Å². The third-order valence-corrected chi connectivity index (χ3v) is 9.72. The van der Waals surface area contributed by atoms with Gasteiger partial charge in [-0.3, -0.25) is 0 Å². The minimum absolute atomic E-state index is 0.0377. The van der Waals surface area contributed by atoms with E-state index < -0.39 is 84.6 Å². The van der Waals surface area contributed by atoms with Gasteiger partial charge in [-0.2, -0.15) is 0 Å². The topological polar surface area (TPSA) is 13.1 Å². The highest BCUT2D eigenvalue weighted by Gasteiger charge is 2.20. The van der Waals surface area contributed by atoms with Gasteiger partial charge in [-0.15, -0.1) is 0 Å². The first kappa shape index (κ1) is 17.3. The van der Waals surface area contributed by atoms with E-state index in [1.54, 1.807) is 18.2 Å². The van der Waals surface area contributed by atoms with Crippen LogP contribution in [0.25, 0.3) is 109 Å². The maximum atomic E-state index is 9.51. The fourth-order valence-electron chi connectivity index (χ4n) is 7.47. The molecular formula is C50H30O. The van der Waals surface area contributed by atoms with Gasteiger partial charge in [0.15, 0.2) is 0 Å². The maximum absolute atomic E-state index is 9.51. The molecule has 1 heteroatoms. The highest BCUT2D eigenvalue weighted by Crippen LogP contribution is 2.46. The summed E-state index contributed by atoms with van der Waals surface area (Å²) in [6.07, 6.45) is 0. The number of hydrogen-bond donors (Lipinski definition) is 0. The standard InChI is InChI=1S/C50H30O/c1-2-12-31(13-3-1)44-30-46-45-29-35(26-27-47(45)51-50(46)42-21-11-6-16-37(42)44)49-40-19-9-7-17-38(40)48(39-18-8-10-20-41(39)49)34-25-24-33-23-22-32-14-4-5-15-36(32)43(33)28-34/h1-30H/i4D,5D,7D,8D,9D,10D,14D,17D,18D,19D,20D,22D,23D,24D,25D. The third-order valence-electron chi connectivity index (χ3n) is 9.72. The quantitative estimate of drug-likeness (QED) is 0.136. The summed E-state index contributed by atoms with van der Waals surface area (Å²) < 4.78 is 142. The van der Waals surface area contributed by atoms with Crippen molar-refractivity contribution in [1.29, 1.82) is 0 Å². The molecule has 0 saturated heterocycles. The summed E-state index contributed by atoms with van der Waals surface area (Å²) in [5.74, 6) is 0. The molecule has 0 N–H and O–H groups in total. The highest BCUT2D eigenvalue weighted by atomic mass is 16.3. The molecule has 11 aromatic rings. The Kier molecular flexibility index (Phi) is 3.70. The number of benzene rings is 10. The van der Waals surface area contributed by atoms with Crippen LogP contribution in [0.2, 0.25) is 0 Å². The lowest BCUT2D eigenvalue weighted by Gasteiger charge is -2.18. The molecule has 0 radical (unpaired) electrons. The minimum Gasteiger partial charge on any atom is -0.455 e. The van der Waals surface area contributed by atoms with Gasteiger partial charge in [-0.1, -0.05) is 157 Å². The Morgan fingerprint density at radius 2 is 0.961 bits per heavy atom. The fourth-order valence-corrected chi connectivity index (χ4v) is 7.47. The second-order valence-electron chi connectivity index (χ2n) is 12.4. The zero-order valence-electron chi connectivity index (χ0n) is 41.6. The Morgan fingerprint density at radius 3 is 1.71 bits per heavy atom. The first-order chi connectivity index (χ1) is 31.5. The normalized spacial score (nSPS) is 16.0. The highest BCUT2D eigenvalue weighted by molar-refractivity contribution is 6.24. The van der Waals surface area contributed by atoms with Crippen molar-refractivity contribution in [1.82, 2.24) is 0 Å². The largest absolute Gasteiger partial charge is 0.455 e. The average molecular weight is 662 g/mol. The molecule has 0 bridgehead atoms. The van der Waals surface area contributed by atoms with Gasteiger partial charge in [0.2, 0.25) is 0 Å². The van der Waals surface area contributed by atoms with Gasteiger partial charge >= 0.3 is 0 Å². The molecular weight excluding hydrogens is 617 g/mol. The van der Waals surface area contributed by atoms with Crippen LogP contribution < -0.4 is 0 Å². The van der Waals surface area contributed by atoms with Crippen LogP contribution >= 0.6 is 0 Å². The van der Waals surface area contributed by atoms with Crippen LogP contribution in [0, 0.1) is 0 Å². The van der Waals surface area contributed by atoms with E-state index in [0.717, 1.165) is 27.3 Å². The van der Waals surface area contributed by atoms with E-state index in [1.807, 2.05) is 60.7 Å². The average Bonchev–Trinajstić information content (AvgIpc) is 3.70. The van der Waals surface area contributed by atoms with Crippen molar-refractivity contribution in [2.75, 3.05) is 0 Å². The van der Waals surface area contributed by atoms with E-state index in [0.29, 0.717) is 22.1 Å². The van der Waals surface area contributed by atoms with Crippen molar-refractivity contribution in [3.05, 3.63) is 182 Å². The molecule has 51 heavy (non-hydrogen) atoms. The SMILES string of the molecule is [2H]c1cc2c(c([2H])c1[2H])c([2H])c([2H])c1c([2H])c([2H])c(-c3c4c([2H])c([2H])c([2H])c([2H])c4c(-c4ccc5oc6c7ccccc7c(-c7ccccc7)cc6c5c4)c4c([2H])c([2H])c([2H])c([2H])c34)cc12. The summed E-state index contributed by atoms with van der Waals surface area (Å²) in [7, 11) is 0.